The van der Waals surface area contributed by atoms with Crippen LogP contribution in [0.25, 0.3) is 0 Å². The van der Waals surface area contributed by atoms with Crippen molar-refractivity contribution < 1.29 is 14.3 Å². The Bertz CT molecular complexity index is 317. The molecule has 82 valence electrons. The number of ether oxygens (including phenoxy) is 1. The quantitative estimate of drug-likeness (QED) is 0.514. The van der Waals surface area contributed by atoms with Gasteiger partial charge in [-0.15, -0.1) is 0 Å². The maximum absolute atomic E-state index is 11.7. The highest BCUT2D eigenvalue weighted by Crippen LogP contribution is 2.40. The van der Waals surface area contributed by atoms with Crippen molar-refractivity contribution in [3.8, 4) is 0 Å². The number of hydrogen-bond donors (Lipinski definition) is 0. The Kier molecular flexibility index (Phi) is 2.89. The lowest BCUT2D eigenvalue weighted by molar-refractivity contribution is -0.151. The smallest absolute Gasteiger partial charge is 0.317 e. The van der Waals surface area contributed by atoms with Gasteiger partial charge in [-0.2, -0.15) is 0 Å². The number of rotatable bonds is 2. The second-order valence-corrected chi connectivity index (χ2v) is 4.20. The SMILES string of the molecule is CCOC(=O)[C@@H]1C(=O)C=C2CCCC[C@@H]21. The number of allylic oxidation sites excluding steroid dienone is 2. The first-order valence-corrected chi connectivity index (χ1v) is 5.65. The zero-order valence-corrected chi connectivity index (χ0v) is 8.99. The van der Waals surface area contributed by atoms with Crippen LogP contribution in [0.4, 0.5) is 0 Å². The monoisotopic (exact) mass is 208 g/mol. The Balaban J connectivity index is 2.13. The van der Waals surface area contributed by atoms with Gasteiger partial charge in [0.05, 0.1) is 6.61 Å². The molecule has 0 spiro atoms. The molecule has 0 aromatic rings. The van der Waals surface area contributed by atoms with E-state index in [2.05, 4.69) is 0 Å². The summed E-state index contributed by atoms with van der Waals surface area (Å²) in [6.07, 6.45) is 5.87. The Morgan fingerprint density at radius 2 is 2.33 bits per heavy atom. The van der Waals surface area contributed by atoms with Crippen LogP contribution < -0.4 is 0 Å². The summed E-state index contributed by atoms with van der Waals surface area (Å²) in [5, 5.41) is 0. The van der Waals surface area contributed by atoms with E-state index in [-0.39, 0.29) is 17.7 Å². The predicted molar refractivity (Wildman–Crippen MR) is 55.2 cm³/mol. The highest BCUT2D eigenvalue weighted by Gasteiger charge is 2.42. The molecule has 2 atom stereocenters. The number of esters is 1. The number of carbonyl (C=O) groups excluding carboxylic acids is 2. The zero-order valence-electron chi connectivity index (χ0n) is 8.99. The van der Waals surface area contributed by atoms with Crippen molar-refractivity contribution in [1.82, 2.24) is 0 Å². The average Bonchev–Trinajstić information content (AvgIpc) is 2.54. The molecule has 0 aromatic carbocycles. The third-order valence-corrected chi connectivity index (χ3v) is 3.28. The van der Waals surface area contributed by atoms with Crippen molar-refractivity contribution in [2.45, 2.75) is 32.6 Å². The lowest BCUT2D eigenvalue weighted by Gasteiger charge is -2.24. The standard InChI is InChI=1S/C12H16O3/c1-2-15-12(14)11-9-6-4-3-5-8(9)7-10(11)13/h7,9,11H,2-6H2,1H3/t9-,11-/m0/s1. The summed E-state index contributed by atoms with van der Waals surface area (Å²) in [4.78, 5) is 23.3. The van der Waals surface area contributed by atoms with Crippen LogP contribution in [0.3, 0.4) is 0 Å². The maximum atomic E-state index is 11.7. The molecule has 0 amide bonds. The molecular weight excluding hydrogens is 192 g/mol. The van der Waals surface area contributed by atoms with Crippen LogP contribution >= 0.6 is 0 Å². The Hall–Kier alpha value is -1.12. The highest BCUT2D eigenvalue weighted by atomic mass is 16.5. The number of ketones is 1. The summed E-state index contributed by atoms with van der Waals surface area (Å²) < 4.78 is 4.95. The second-order valence-electron chi connectivity index (χ2n) is 4.20. The third kappa shape index (κ3) is 1.83. The molecule has 0 heterocycles. The van der Waals surface area contributed by atoms with E-state index < -0.39 is 5.92 Å². The third-order valence-electron chi connectivity index (χ3n) is 3.28. The van der Waals surface area contributed by atoms with E-state index in [0.717, 1.165) is 25.7 Å². The molecular formula is C12H16O3. The molecule has 0 saturated heterocycles. The second kappa shape index (κ2) is 4.17. The first-order chi connectivity index (χ1) is 7.24. The van der Waals surface area contributed by atoms with E-state index in [1.54, 1.807) is 13.0 Å². The molecule has 2 aliphatic carbocycles. The van der Waals surface area contributed by atoms with Crippen LogP contribution in [0, 0.1) is 11.8 Å². The molecule has 2 aliphatic rings. The van der Waals surface area contributed by atoms with Gasteiger partial charge >= 0.3 is 5.97 Å². The van der Waals surface area contributed by atoms with E-state index in [4.69, 9.17) is 4.74 Å². The summed E-state index contributed by atoms with van der Waals surface area (Å²) in [7, 11) is 0. The van der Waals surface area contributed by atoms with Gasteiger partial charge in [-0.1, -0.05) is 12.0 Å². The Labute approximate surface area is 89.5 Å². The van der Waals surface area contributed by atoms with Gasteiger partial charge in [0.15, 0.2) is 5.78 Å². The van der Waals surface area contributed by atoms with Crippen molar-refractivity contribution in [2.24, 2.45) is 11.8 Å². The van der Waals surface area contributed by atoms with Gasteiger partial charge in [-0.05, 0) is 32.3 Å². The van der Waals surface area contributed by atoms with Crippen LogP contribution in [0.1, 0.15) is 32.6 Å². The summed E-state index contributed by atoms with van der Waals surface area (Å²) in [6.45, 7) is 2.12. The first-order valence-electron chi connectivity index (χ1n) is 5.65. The molecule has 3 nitrogen and oxygen atoms in total. The fourth-order valence-electron chi connectivity index (χ4n) is 2.61. The van der Waals surface area contributed by atoms with E-state index in [1.807, 2.05) is 0 Å². The summed E-state index contributed by atoms with van der Waals surface area (Å²) in [5.74, 6) is -0.762. The van der Waals surface area contributed by atoms with Crippen molar-refractivity contribution in [3.05, 3.63) is 11.6 Å². The van der Waals surface area contributed by atoms with Gasteiger partial charge < -0.3 is 4.74 Å². The van der Waals surface area contributed by atoms with E-state index in [0.29, 0.717) is 6.61 Å². The number of fused-ring (bicyclic) bond motifs is 1. The molecule has 2 rings (SSSR count). The molecule has 0 radical (unpaired) electrons. The molecule has 3 heteroatoms. The van der Waals surface area contributed by atoms with Crippen molar-refractivity contribution in [1.29, 1.82) is 0 Å². The van der Waals surface area contributed by atoms with Gasteiger partial charge in [0.25, 0.3) is 0 Å². The van der Waals surface area contributed by atoms with E-state index in [1.165, 1.54) is 5.57 Å². The normalized spacial score (nSPS) is 29.7. The molecule has 0 unspecified atom stereocenters. The largest absolute Gasteiger partial charge is 0.465 e. The van der Waals surface area contributed by atoms with Crippen molar-refractivity contribution in [3.63, 3.8) is 0 Å². The fraction of sp³-hybridized carbons (Fsp3) is 0.667. The Morgan fingerprint density at radius 3 is 3.07 bits per heavy atom. The van der Waals surface area contributed by atoms with Crippen LogP contribution in [0.2, 0.25) is 0 Å². The minimum Gasteiger partial charge on any atom is -0.465 e. The number of carbonyl (C=O) groups is 2. The molecule has 0 N–H and O–H groups in total. The molecule has 1 fully saturated rings. The van der Waals surface area contributed by atoms with Crippen LogP contribution in [0.15, 0.2) is 11.6 Å². The highest BCUT2D eigenvalue weighted by molar-refractivity contribution is 6.08. The van der Waals surface area contributed by atoms with Gasteiger partial charge in [-0.25, -0.2) is 0 Å². The van der Waals surface area contributed by atoms with Crippen LogP contribution in [-0.2, 0) is 14.3 Å². The first kappa shape index (κ1) is 10.4. The molecule has 1 saturated carbocycles. The van der Waals surface area contributed by atoms with Gasteiger partial charge in [0.1, 0.15) is 5.92 Å². The lowest BCUT2D eigenvalue weighted by Crippen LogP contribution is -2.29. The Morgan fingerprint density at radius 1 is 1.53 bits per heavy atom. The topological polar surface area (TPSA) is 43.4 Å². The maximum Gasteiger partial charge on any atom is 0.317 e. The molecule has 0 bridgehead atoms. The van der Waals surface area contributed by atoms with E-state index in [9.17, 15) is 9.59 Å². The van der Waals surface area contributed by atoms with E-state index >= 15 is 0 Å². The van der Waals surface area contributed by atoms with Crippen LogP contribution in [-0.4, -0.2) is 18.4 Å². The summed E-state index contributed by atoms with van der Waals surface area (Å²) in [6, 6.07) is 0. The molecule has 15 heavy (non-hydrogen) atoms. The van der Waals surface area contributed by atoms with Gasteiger partial charge in [0, 0.05) is 5.92 Å². The zero-order chi connectivity index (χ0) is 10.8. The molecule has 0 aromatic heterocycles. The fourth-order valence-corrected chi connectivity index (χ4v) is 2.61. The number of hydrogen-bond acceptors (Lipinski definition) is 3. The van der Waals surface area contributed by atoms with Gasteiger partial charge in [0.2, 0.25) is 0 Å². The predicted octanol–water partition coefficient (Wildman–Crippen LogP) is 1.86. The van der Waals surface area contributed by atoms with Crippen molar-refractivity contribution in [2.75, 3.05) is 6.61 Å². The minimum atomic E-state index is -0.528. The minimum absolute atomic E-state index is 0.0460. The van der Waals surface area contributed by atoms with Crippen LogP contribution in [0.5, 0.6) is 0 Å². The summed E-state index contributed by atoms with van der Waals surface area (Å²) >= 11 is 0. The van der Waals surface area contributed by atoms with Crippen molar-refractivity contribution >= 4 is 11.8 Å². The molecule has 0 aliphatic heterocycles. The van der Waals surface area contributed by atoms with Gasteiger partial charge in [-0.3, -0.25) is 9.59 Å². The lowest BCUT2D eigenvalue weighted by atomic mass is 9.80. The summed E-state index contributed by atoms with van der Waals surface area (Å²) in [5.41, 5.74) is 1.17. The average molecular weight is 208 g/mol.